The van der Waals surface area contributed by atoms with Gasteiger partial charge in [0.1, 0.15) is 11.5 Å². The Labute approximate surface area is 118 Å². The van der Waals surface area contributed by atoms with Gasteiger partial charge in [-0.05, 0) is 49.8 Å². The van der Waals surface area contributed by atoms with Gasteiger partial charge in [0.2, 0.25) is 0 Å². The molecule has 0 aromatic heterocycles. The summed E-state index contributed by atoms with van der Waals surface area (Å²) < 4.78 is 0. The summed E-state index contributed by atoms with van der Waals surface area (Å²) in [6.07, 6.45) is 2.73. The summed E-state index contributed by atoms with van der Waals surface area (Å²) in [5, 5.41) is 12.9. The lowest BCUT2D eigenvalue weighted by atomic mass is 9.92. The van der Waals surface area contributed by atoms with E-state index in [4.69, 9.17) is 0 Å². The van der Waals surface area contributed by atoms with Gasteiger partial charge in [0.15, 0.2) is 4.90 Å². The highest BCUT2D eigenvalue weighted by molar-refractivity contribution is 7.97. The van der Waals surface area contributed by atoms with Gasteiger partial charge in [0.25, 0.3) is 0 Å². The molecule has 2 heteroatoms. The Morgan fingerprint density at radius 1 is 0.947 bits per heavy atom. The summed E-state index contributed by atoms with van der Waals surface area (Å²) in [4.78, 5) is 1.50. The Morgan fingerprint density at radius 3 is 2.21 bits per heavy atom. The van der Waals surface area contributed by atoms with Crippen molar-refractivity contribution < 1.29 is 5.11 Å². The van der Waals surface area contributed by atoms with Crippen molar-refractivity contribution in [3.63, 3.8) is 0 Å². The Bertz CT molecular complexity index is 592. The second-order valence-electron chi connectivity index (χ2n) is 5.82. The fourth-order valence-electron chi connectivity index (χ4n) is 2.93. The van der Waals surface area contributed by atoms with Gasteiger partial charge in [-0.3, -0.25) is 0 Å². The molecule has 0 aliphatic carbocycles. The van der Waals surface area contributed by atoms with Gasteiger partial charge in [0.05, 0.1) is 5.60 Å². The van der Waals surface area contributed by atoms with Crippen LogP contribution in [-0.2, 0) is 16.5 Å². The van der Waals surface area contributed by atoms with Crippen LogP contribution in [0, 0.1) is 0 Å². The first kappa shape index (κ1) is 13.0. The molecule has 1 heterocycles. The molecule has 1 nitrogen and oxygen atoms in total. The topological polar surface area (TPSA) is 20.2 Å². The lowest BCUT2D eigenvalue weighted by Gasteiger charge is -2.20. The molecular weight excluding hydrogens is 252 g/mol. The molecule has 1 saturated heterocycles. The summed E-state index contributed by atoms with van der Waals surface area (Å²) in [5.41, 5.74) is 0.256. The van der Waals surface area contributed by atoms with Crippen molar-refractivity contribution in [1.82, 2.24) is 0 Å². The first-order chi connectivity index (χ1) is 9.07. The molecule has 1 fully saturated rings. The van der Waals surface area contributed by atoms with Crippen LogP contribution >= 0.6 is 0 Å². The largest absolute Gasteiger partial charge is 0.386 e. The normalized spacial score (nSPS) is 17.2. The molecule has 1 aliphatic heterocycles. The Balaban J connectivity index is 2.21. The maximum atomic E-state index is 10.3. The maximum absolute atomic E-state index is 10.3. The Morgan fingerprint density at radius 2 is 1.58 bits per heavy atom. The van der Waals surface area contributed by atoms with Gasteiger partial charge in [-0.15, -0.1) is 0 Å². The quantitative estimate of drug-likeness (QED) is 0.824. The number of fused-ring (bicyclic) bond motifs is 1. The van der Waals surface area contributed by atoms with Crippen LogP contribution in [0.15, 0.2) is 41.3 Å². The number of benzene rings is 2. The van der Waals surface area contributed by atoms with Crippen LogP contribution in [0.1, 0.15) is 32.3 Å². The zero-order valence-corrected chi connectivity index (χ0v) is 12.5. The number of rotatable bonds is 2. The summed E-state index contributed by atoms with van der Waals surface area (Å²) in [7, 11) is 0.418. The van der Waals surface area contributed by atoms with Gasteiger partial charge >= 0.3 is 0 Å². The Hall–Kier alpha value is -0.990. The first-order valence-electron chi connectivity index (χ1n) is 6.99. The van der Waals surface area contributed by atoms with Crippen molar-refractivity contribution in [2.45, 2.75) is 37.2 Å². The lowest BCUT2D eigenvalue weighted by molar-refractivity contribution is 0.0801. The van der Waals surface area contributed by atoms with E-state index in [1.807, 2.05) is 13.8 Å². The number of hydrogen-bond donors (Lipinski definition) is 1. The smallest absolute Gasteiger partial charge is 0.162 e. The molecule has 2 aromatic rings. The van der Waals surface area contributed by atoms with E-state index in [-0.39, 0.29) is 0 Å². The van der Waals surface area contributed by atoms with E-state index in [2.05, 4.69) is 36.4 Å². The van der Waals surface area contributed by atoms with Gasteiger partial charge < -0.3 is 5.11 Å². The van der Waals surface area contributed by atoms with Gasteiger partial charge in [-0.1, -0.05) is 24.3 Å². The van der Waals surface area contributed by atoms with Crippen LogP contribution < -0.4 is 0 Å². The van der Waals surface area contributed by atoms with Crippen molar-refractivity contribution >= 4 is 21.7 Å². The van der Waals surface area contributed by atoms with Crippen LogP contribution in [0.2, 0.25) is 0 Å². The van der Waals surface area contributed by atoms with Gasteiger partial charge in [0, 0.05) is 16.3 Å². The van der Waals surface area contributed by atoms with Crippen molar-refractivity contribution in [3.05, 3.63) is 42.0 Å². The molecule has 0 atom stereocenters. The van der Waals surface area contributed by atoms with Crippen LogP contribution in [0.5, 0.6) is 0 Å². The van der Waals surface area contributed by atoms with Crippen molar-refractivity contribution in [1.29, 1.82) is 0 Å². The van der Waals surface area contributed by atoms with Crippen LogP contribution in [0.3, 0.4) is 0 Å². The van der Waals surface area contributed by atoms with Crippen LogP contribution in [0.4, 0.5) is 0 Å². The SMILES string of the molecule is CC(C)(O)c1ccc([S+]2CCCC2)c2ccccc12. The van der Waals surface area contributed by atoms with E-state index in [0.29, 0.717) is 10.9 Å². The fraction of sp³-hybridized carbons (Fsp3) is 0.412. The predicted octanol–water partition coefficient (Wildman–Crippen LogP) is 3.84. The molecule has 2 aromatic carbocycles. The molecule has 0 radical (unpaired) electrons. The molecular formula is C17H21OS+. The Kier molecular flexibility index (Phi) is 3.32. The molecule has 0 saturated carbocycles. The minimum atomic E-state index is -0.781. The first-order valence-corrected chi connectivity index (χ1v) is 8.56. The van der Waals surface area contributed by atoms with E-state index in [9.17, 15) is 5.11 Å². The molecule has 0 unspecified atom stereocenters. The van der Waals surface area contributed by atoms with Crippen LogP contribution in [0.25, 0.3) is 10.8 Å². The predicted molar refractivity (Wildman–Crippen MR) is 83.8 cm³/mol. The molecule has 0 spiro atoms. The van der Waals surface area contributed by atoms with Gasteiger partial charge in [-0.2, -0.15) is 0 Å². The summed E-state index contributed by atoms with van der Waals surface area (Å²) in [6, 6.07) is 12.9. The average Bonchev–Trinajstić information content (AvgIpc) is 2.90. The van der Waals surface area contributed by atoms with E-state index < -0.39 is 5.60 Å². The second kappa shape index (κ2) is 4.84. The third-order valence-electron chi connectivity index (χ3n) is 3.89. The third-order valence-corrected chi connectivity index (χ3v) is 6.43. The highest BCUT2D eigenvalue weighted by Crippen LogP contribution is 2.35. The maximum Gasteiger partial charge on any atom is 0.162 e. The van der Waals surface area contributed by atoms with E-state index >= 15 is 0 Å². The summed E-state index contributed by atoms with van der Waals surface area (Å²) >= 11 is 0. The zero-order chi connectivity index (χ0) is 13.5. The monoisotopic (exact) mass is 273 g/mol. The molecule has 1 aliphatic rings. The summed E-state index contributed by atoms with van der Waals surface area (Å²) in [6.45, 7) is 3.73. The van der Waals surface area contributed by atoms with Crippen molar-refractivity contribution in [2.75, 3.05) is 11.5 Å². The molecule has 0 amide bonds. The minimum Gasteiger partial charge on any atom is -0.386 e. The van der Waals surface area contributed by atoms with E-state index in [1.165, 1.54) is 40.0 Å². The highest BCUT2D eigenvalue weighted by Gasteiger charge is 2.30. The number of hydrogen-bond acceptors (Lipinski definition) is 1. The van der Waals surface area contributed by atoms with Gasteiger partial charge in [-0.25, -0.2) is 0 Å². The van der Waals surface area contributed by atoms with E-state index in [1.54, 1.807) is 0 Å². The fourth-order valence-corrected chi connectivity index (χ4v) is 5.43. The average molecular weight is 273 g/mol. The van der Waals surface area contributed by atoms with Crippen molar-refractivity contribution in [2.24, 2.45) is 0 Å². The van der Waals surface area contributed by atoms with Crippen LogP contribution in [-0.4, -0.2) is 16.6 Å². The van der Waals surface area contributed by atoms with Crippen molar-refractivity contribution in [3.8, 4) is 0 Å². The highest BCUT2D eigenvalue weighted by atomic mass is 32.2. The summed E-state index contributed by atoms with van der Waals surface area (Å²) in [5.74, 6) is 2.68. The zero-order valence-electron chi connectivity index (χ0n) is 11.6. The molecule has 100 valence electrons. The molecule has 0 bridgehead atoms. The lowest BCUT2D eigenvalue weighted by Crippen LogP contribution is -2.16. The second-order valence-corrected chi connectivity index (χ2v) is 8.07. The standard InChI is InChI=1S/C17H21OS/c1-17(2,18)15-9-10-16(19-11-5-6-12-19)14-8-4-3-7-13(14)15/h3-4,7-10,18H,5-6,11-12H2,1-2H3/q+1. The number of aliphatic hydroxyl groups is 1. The molecule has 3 rings (SSSR count). The molecule has 1 N–H and O–H groups in total. The molecule has 19 heavy (non-hydrogen) atoms. The van der Waals surface area contributed by atoms with E-state index in [0.717, 1.165) is 5.56 Å². The third kappa shape index (κ3) is 2.39. The minimum absolute atomic E-state index is 0.418.